The first-order valence-electron chi connectivity index (χ1n) is 5.97. The van der Waals surface area contributed by atoms with E-state index in [-0.39, 0.29) is 5.95 Å². The van der Waals surface area contributed by atoms with Gasteiger partial charge < -0.3 is 5.73 Å². The Balaban J connectivity index is 2.04. The van der Waals surface area contributed by atoms with E-state index in [2.05, 4.69) is 15.0 Å². The van der Waals surface area contributed by atoms with Crippen LogP contribution >= 0.6 is 0 Å². The van der Waals surface area contributed by atoms with Gasteiger partial charge in [-0.15, -0.1) is 0 Å². The molecule has 5 heteroatoms. The minimum absolute atomic E-state index is 0.0763. The summed E-state index contributed by atoms with van der Waals surface area (Å²) >= 11 is 0. The third-order valence-electron chi connectivity index (χ3n) is 3.17. The monoisotopic (exact) mass is 222 g/mol. The van der Waals surface area contributed by atoms with Crippen LogP contribution in [-0.2, 0) is 6.42 Å². The largest absolute Gasteiger partial charge is 0.368 e. The van der Waals surface area contributed by atoms with Gasteiger partial charge in [0.15, 0.2) is 0 Å². The lowest BCUT2D eigenvalue weighted by molar-refractivity contribution is 0.447. The van der Waals surface area contributed by atoms with Crippen LogP contribution in [0.25, 0.3) is 0 Å². The maximum atomic E-state index is 11.1. The van der Waals surface area contributed by atoms with Gasteiger partial charge >= 0.3 is 5.69 Å². The zero-order chi connectivity index (χ0) is 11.4. The number of aromatic amines is 1. The second-order valence-corrected chi connectivity index (χ2v) is 4.52. The van der Waals surface area contributed by atoms with Crippen molar-refractivity contribution in [1.82, 2.24) is 15.0 Å². The Hall–Kier alpha value is -1.39. The maximum absolute atomic E-state index is 11.1. The van der Waals surface area contributed by atoms with Gasteiger partial charge in [-0.05, 0) is 5.92 Å². The van der Waals surface area contributed by atoms with Crippen LogP contribution in [-0.4, -0.2) is 15.0 Å². The summed E-state index contributed by atoms with van der Waals surface area (Å²) in [6.07, 6.45) is 8.52. The Morgan fingerprint density at radius 3 is 2.50 bits per heavy atom. The minimum Gasteiger partial charge on any atom is -0.368 e. The lowest BCUT2D eigenvalue weighted by Gasteiger charge is -2.12. The molecule has 1 aliphatic carbocycles. The van der Waals surface area contributed by atoms with Gasteiger partial charge in [0, 0.05) is 6.42 Å². The first-order chi connectivity index (χ1) is 7.74. The first kappa shape index (κ1) is 11.1. The molecule has 1 aliphatic rings. The summed E-state index contributed by atoms with van der Waals surface area (Å²) in [6, 6.07) is 0. The molecule has 0 atom stereocenters. The molecular weight excluding hydrogens is 204 g/mol. The molecule has 0 bridgehead atoms. The molecule has 0 radical (unpaired) electrons. The normalized spacial score (nSPS) is 18.2. The highest BCUT2D eigenvalue weighted by Crippen LogP contribution is 2.24. The van der Waals surface area contributed by atoms with Crippen molar-refractivity contribution in [3.05, 3.63) is 16.3 Å². The van der Waals surface area contributed by atoms with Crippen molar-refractivity contribution in [1.29, 1.82) is 0 Å². The number of hydrogen-bond acceptors (Lipinski definition) is 4. The van der Waals surface area contributed by atoms with E-state index in [4.69, 9.17) is 5.73 Å². The number of nitrogens with two attached hydrogens (primary N) is 1. The summed E-state index contributed by atoms with van der Waals surface area (Å²) in [6.45, 7) is 0. The quantitative estimate of drug-likeness (QED) is 0.738. The molecule has 1 aromatic heterocycles. The molecule has 0 aliphatic heterocycles. The molecule has 0 unspecified atom stereocenters. The lowest BCUT2D eigenvalue weighted by Crippen LogP contribution is -2.19. The predicted molar refractivity (Wildman–Crippen MR) is 62.0 cm³/mol. The van der Waals surface area contributed by atoms with E-state index in [9.17, 15) is 4.79 Å². The molecule has 1 saturated carbocycles. The Labute approximate surface area is 94.5 Å². The average molecular weight is 222 g/mol. The van der Waals surface area contributed by atoms with E-state index in [1.165, 1.54) is 38.5 Å². The van der Waals surface area contributed by atoms with E-state index in [1.54, 1.807) is 0 Å². The molecule has 0 spiro atoms. The number of anilines is 1. The van der Waals surface area contributed by atoms with Gasteiger partial charge in [-0.2, -0.15) is 9.97 Å². The van der Waals surface area contributed by atoms with Crippen molar-refractivity contribution >= 4 is 5.95 Å². The Morgan fingerprint density at radius 2 is 1.88 bits per heavy atom. The average Bonchev–Trinajstić information content (AvgIpc) is 2.44. The summed E-state index contributed by atoms with van der Waals surface area (Å²) in [4.78, 5) is 21.4. The number of nitrogen functional groups attached to an aromatic ring is 1. The zero-order valence-electron chi connectivity index (χ0n) is 9.41. The smallest absolute Gasteiger partial charge is 0.349 e. The maximum Gasteiger partial charge on any atom is 0.349 e. The fraction of sp³-hybridized carbons (Fsp3) is 0.727. The number of aromatic nitrogens is 3. The number of hydrogen-bond donors (Lipinski definition) is 2. The second kappa shape index (κ2) is 5.09. The van der Waals surface area contributed by atoms with E-state index < -0.39 is 5.69 Å². The van der Waals surface area contributed by atoms with Crippen LogP contribution in [0.3, 0.4) is 0 Å². The summed E-state index contributed by atoms with van der Waals surface area (Å²) in [7, 11) is 0. The van der Waals surface area contributed by atoms with Gasteiger partial charge in [-0.25, -0.2) is 4.79 Å². The molecule has 1 fully saturated rings. The topological polar surface area (TPSA) is 84.7 Å². The molecule has 2 rings (SSSR count). The second-order valence-electron chi connectivity index (χ2n) is 4.52. The number of rotatable bonds is 2. The van der Waals surface area contributed by atoms with Gasteiger partial charge in [0.05, 0.1) is 0 Å². The van der Waals surface area contributed by atoms with Gasteiger partial charge in [0.1, 0.15) is 5.82 Å². The van der Waals surface area contributed by atoms with Crippen molar-refractivity contribution in [2.75, 3.05) is 5.73 Å². The summed E-state index contributed by atoms with van der Waals surface area (Å²) < 4.78 is 0. The Morgan fingerprint density at radius 1 is 1.19 bits per heavy atom. The molecular formula is C11H18N4O. The Kier molecular flexibility index (Phi) is 3.54. The highest BCUT2D eigenvalue weighted by Gasteiger charge is 2.14. The fourth-order valence-electron chi connectivity index (χ4n) is 2.38. The van der Waals surface area contributed by atoms with E-state index in [0.717, 1.165) is 6.42 Å². The van der Waals surface area contributed by atoms with Crippen LogP contribution in [0.15, 0.2) is 4.79 Å². The van der Waals surface area contributed by atoms with Crippen LogP contribution in [0.4, 0.5) is 5.95 Å². The number of nitrogens with zero attached hydrogens (tertiary/aromatic N) is 2. The molecule has 16 heavy (non-hydrogen) atoms. The summed E-state index contributed by atoms with van der Waals surface area (Å²) in [5.74, 6) is 1.39. The van der Waals surface area contributed by atoms with Crippen LogP contribution in [0.1, 0.15) is 44.3 Å². The molecule has 0 saturated heterocycles. The Bertz CT molecular complexity index is 393. The van der Waals surface area contributed by atoms with E-state index in [0.29, 0.717) is 11.7 Å². The van der Waals surface area contributed by atoms with Crippen LogP contribution in [0, 0.1) is 5.92 Å². The van der Waals surface area contributed by atoms with E-state index in [1.807, 2.05) is 0 Å². The molecule has 5 nitrogen and oxygen atoms in total. The molecule has 88 valence electrons. The molecule has 1 aromatic rings. The first-order valence-corrected chi connectivity index (χ1v) is 5.97. The van der Waals surface area contributed by atoms with E-state index >= 15 is 0 Å². The third kappa shape index (κ3) is 3.05. The lowest BCUT2D eigenvalue weighted by atomic mass is 9.96. The van der Waals surface area contributed by atoms with Crippen molar-refractivity contribution < 1.29 is 0 Å². The standard InChI is InChI=1S/C11H18N4O/c12-10-13-9(14-11(16)15-10)7-8-5-3-1-2-4-6-8/h8H,1-7H2,(H3,12,13,14,15,16). The van der Waals surface area contributed by atoms with Gasteiger partial charge in [-0.3, -0.25) is 4.98 Å². The van der Waals surface area contributed by atoms with Gasteiger partial charge in [-0.1, -0.05) is 38.5 Å². The number of nitrogens with one attached hydrogen (secondary N) is 1. The zero-order valence-corrected chi connectivity index (χ0v) is 9.41. The highest BCUT2D eigenvalue weighted by molar-refractivity contribution is 5.12. The van der Waals surface area contributed by atoms with Crippen LogP contribution < -0.4 is 11.4 Å². The van der Waals surface area contributed by atoms with Crippen molar-refractivity contribution in [2.45, 2.75) is 44.9 Å². The molecule has 1 heterocycles. The predicted octanol–water partition coefficient (Wildman–Crippen LogP) is 1.26. The highest BCUT2D eigenvalue weighted by atomic mass is 16.1. The van der Waals surface area contributed by atoms with Crippen LogP contribution in [0.2, 0.25) is 0 Å². The number of H-pyrrole nitrogens is 1. The van der Waals surface area contributed by atoms with Gasteiger partial charge in [0.2, 0.25) is 5.95 Å². The van der Waals surface area contributed by atoms with Gasteiger partial charge in [0.25, 0.3) is 0 Å². The van der Waals surface area contributed by atoms with Crippen molar-refractivity contribution in [2.24, 2.45) is 5.92 Å². The van der Waals surface area contributed by atoms with Crippen LogP contribution in [0.5, 0.6) is 0 Å². The molecule has 0 amide bonds. The summed E-state index contributed by atoms with van der Waals surface area (Å²) in [5, 5.41) is 0. The molecule has 0 aromatic carbocycles. The fourth-order valence-corrected chi connectivity index (χ4v) is 2.38. The molecule has 3 N–H and O–H groups in total. The van der Waals surface area contributed by atoms with Crippen molar-refractivity contribution in [3.8, 4) is 0 Å². The minimum atomic E-state index is -0.392. The third-order valence-corrected chi connectivity index (χ3v) is 3.17. The summed E-state index contributed by atoms with van der Waals surface area (Å²) in [5.41, 5.74) is 5.06. The SMILES string of the molecule is Nc1nc(CC2CCCCCC2)[nH]c(=O)n1. The van der Waals surface area contributed by atoms with Crippen molar-refractivity contribution in [3.63, 3.8) is 0 Å².